The zero-order valence-electron chi connectivity index (χ0n) is 13.0. The lowest BCUT2D eigenvalue weighted by Crippen LogP contribution is -2.56. The minimum absolute atomic E-state index is 0.106. The average molecular weight is 303 g/mol. The standard InChI is InChI=1S/C13H25NO5Si/c1-6-17-20(18-7-2,19-8-3)9-14-12(15)10(4)11(5)13(14)16/h10-11H,6-9H2,1-5H3. The minimum Gasteiger partial charge on any atom is -0.373 e. The van der Waals surface area contributed by atoms with E-state index < -0.39 is 8.80 Å². The normalized spacial score (nSPS) is 23.8. The second-order valence-corrected chi connectivity index (χ2v) is 7.37. The van der Waals surface area contributed by atoms with Gasteiger partial charge in [0.05, 0.1) is 6.17 Å². The van der Waals surface area contributed by atoms with Crippen molar-refractivity contribution in [2.45, 2.75) is 34.6 Å². The number of hydrogen-bond donors (Lipinski definition) is 0. The van der Waals surface area contributed by atoms with Crippen LogP contribution in [0, 0.1) is 11.8 Å². The highest BCUT2D eigenvalue weighted by atomic mass is 28.4. The highest BCUT2D eigenvalue weighted by molar-refractivity contribution is 6.61. The summed E-state index contributed by atoms with van der Waals surface area (Å²) >= 11 is 0. The van der Waals surface area contributed by atoms with Crippen molar-refractivity contribution in [1.82, 2.24) is 4.90 Å². The first kappa shape index (κ1) is 17.3. The van der Waals surface area contributed by atoms with Gasteiger partial charge in [-0.2, -0.15) is 0 Å². The van der Waals surface area contributed by atoms with E-state index in [1.54, 1.807) is 13.8 Å². The van der Waals surface area contributed by atoms with Crippen LogP contribution in [0.4, 0.5) is 0 Å². The molecule has 1 heterocycles. The van der Waals surface area contributed by atoms with Gasteiger partial charge in [0.1, 0.15) is 0 Å². The SMILES string of the molecule is CCO[Si](CN1C(=O)C(C)C(C)C1=O)(OCC)OCC. The minimum atomic E-state index is -3.02. The van der Waals surface area contributed by atoms with Crippen molar-refractivity contribution < 1.29 is 22.9 Å². The van der Waals surface area contributed by atoms with Crippen molar-refractivity contribution in [3.8, 4) is 0 Å². The van der Waals surface area contributed by atoms with Crippen LogP contribution in [-0.4, -0.2) is 51.5 Å². The number of nitrogens with zero attached hydrogens (tertiary/aromatic N) is 1. The summed E-state index contributed by atoms with van der Waals surface area (Å²) in [5.41, 5.74) is 0. The van der Waals surface area contributed by atoms with Crippen LogP contribution < -0.4 is 0 Å². The predicted octanol–water partition coefficient (Wildman–Crippen LogP) is 1.21. The summed E-state index contributed by atoms with van der Waals surface area (Å²) in [5, 5.41) is 0. The van der Waals surface area contributed by atoms with Crippen molar-refractivity contribution in [2.24, 2.45) is 11.8 Å². The van der Waals surface area contributed by atoms with E-state index in [1.807, 2.05) is 20.8 Å². The van der Waals surface area contributed by atoms with Crippen LogP contribution in [0.1, 0.15) is 34.6 Å². The number of imide groups is 1. The fourth-order valence-electron chi connectivity index (χ4n) is 2.30. The van der Waals surface area contributed by atoms with Crippen molar-refractivity contribution >= 4 is 20.6 Å². The summed E-state index contributed by atoms with van der Waals surface area (Å²) in [6.07, 6.45) is 0.106. The van der Waals surface area contributed by atoms with Crippen LogP contribution in [0.2, 0.25) is 0 Å². The third-order valence-corrected chi connectivity index (χ3v) is 6.39. The predicted molar refractivity (Wildman–Crippen MR) is 75.7 cm³/mol. The molecule has 1 aliphatic heterocycles. The Morgan fingerprint density at radius 3 is 1.55 bits per heavy atom. The zero-order chi connectivity index (χ0) is 15.3. The number of rotatable bonds is 8. The molecule has 6 nitrogen and oxygen atoms in total. The van der Waals surface area contributed by atoms with Gasteiger partial charge in [-0.3, -0.25) is 14.5 Å². The van der Waals surface area contributed by atoms with E-state index in [1.165, 1.54) is 4.90 Å². The van der Waals surface area contributed by atoms with Gasteiger partial charge >= 0.3 is 8.80 Å². The summed E-state index contributed by atoms with van der Waals surface area (Å²) in [5.74, 6) is -0.921. The Labute approximate surface area is 121 Å². The van der Waals surface area contributed by atoms with Crippen LogP contribution in [-0.2, 0) is 22.9 Å². The smallest absolute Gasteiger partial charge is 0.373 e. The third-order valence-electron chi connectivity index (χ3n) is 3.51. The van der Waals surface area contributed by atoms with Crippen molar-refractivity contribution in [3.05, 3.63) is 0 Å². The largest absolute Gasteiger partial charge is 0.522 e. The average Bonchev–Trinajstić information content (AvgIpc) is 2.58. The zero-order valence-corrected chi connectivity index (χ0v) is 14.0. The molecule has 0 saturated carbocycles. The number of carbonyl (C=O) groups is 2. The van der Waals surface area contributed by atoms with Gasteiger partial charge in [-0.15, -0.1) is 0 Å². The van der Waals surface area contributed by atoms with Crippen LogP contribution >= 0.6 is 0 Å². The molecule has 0 radical (unpaired) electrons. The first-order valence-corrected chi connectivity index (χ1v) is 9.12. The lowest BCUT2D eigenvalue weighted by atomic mass is 10.00. The van der Waals surface area contributed by atoms with Gasteiger partial charge in [0.25, 0.3) is 0 Å². The number of hydrogen-bond acceptors (Lipinski definition) is 5. The molecule has 1 fully saturated rings. The summed E-state index contributed by atoms with van der Waals surface area (Å²) in [6.45, 7) is 10.4. The topological polar surface area (TPSA) is 65.1 Å². The molecular formula is C13H25NO5Si. The van der Waals surface area contributed by atoms with Gasteiger partial charge < -0.3 is 13.3 Å². The molecule has 0 bridgehead atoms. The molecule has 7 heteroatoms. The fourth-order valence-corrected chi connectivity index (χ4v) is 4.84. The summed E-state index contributed by atoms with van der Waals surface area (Å²) < 4.78 is 17.1. The quantitative estimate of drug-likeness (QED) is 0.498. The van der Waals surface area contributed by atoms with Gasteiger partial charge in [0.15, 0.2) is 0 Å². The number of amides is 2. The Morgan fingerprint density at radius 2 is 1.25 bits per heavy atom. The molecule has 2 unspecified atom stereocenters. The monoisotopic (exact) mass is 303 g/mol. The molecule has 2 atom stereocenters. The van der Waals surface area contributed by atoms with Gasteiger partial charge in [-0.05, 0) is 20.8 Å². The first-order valence-electron chi connectivity index (χ1n) is 7.19. The highest BCUT2D eigenvalue weighted by Crippen LogP contribution is 2.27. The molecule has 116 valence electrons. The Kier molecular flexibility index (Phi) is 6.31. The maximum atomic E-state index is 12.2. The Bertz CT molecular complexity index is 326. The van der Waals surface area contributed by atoms with Gasteiger partial charge in [-0.25, -0.2) is 0 Å². The van der Waals surface area contributed by atoms with Crippen molar-refractivity contribution in [3.63, 3.8) is 0 Å². The van der Waals surface area contributed by atoms with E-state index in [0.717, 1.165) is 0 Å². The van der Waals surface area contributed by atoms with E-state index in [0.29, 0.717) is 19.8 Å². The van der Waals surface area contributed by atoms with E-state index in [9.17, 15) is 9.59 Å². The van der Waals surface area contributed by atoms with E-state index in [4.69, 9.17) is 13.3 Å². The second-order valence-electron chi connectivity index (χ2n) is 4.82. The van der Waals surface area contributed by atoms with Crippen molar-refractivity contribution in [2.75, 3.05) is 26.0 Å². The lowest BCUT2D eigenvalue weighted by molar-refractivity contribution is -0.139. The molecule has 2 amide bonds. The van der Waals surface area contributed by atoms with Gasteiger partial charge in [-0.1, -0.05) is 13.8 Å². The summed E-state index contributed by atoms with van der Waals surface area (Å²) in [6, 6.07) is 0. The molecule has 1 saturated heterocycles. The molecule has 0 aromatic carbocycles. The van der Waals surface area contributed by atoms with Crippen LogP contribution in [0.5, 0.6) is 0 Å². The van der Waals surface area contributed by atoms with Crippen LogP contribution in [0.25, 0.3) is 0 Å². The van der Waals surface area contributed by atoms with Gasteiger partial charge in [0, 0.05) is 31.7 Å². The van der Waals surface area contributed by atoms with Gasteiger partial charge in [0.2, 0.25) is 11.8 Å². The van der Waals surface area contributed by atoms with Crippen molar-refractivity contribution in [1.29, 1.82) is 0 Å². The molecule has 0 aromatic rings. The molecule has 20 heavy (non-hydrogen) atoms. The maximum Gasteiger partial charge on any atom is 0.522 e. The molecule has 0 aliphatic carbocycles. The summed E-state index contributed by atoms with van der Waals surface area (Å²) in [4.78, 5) is 25.6. The maximum absolute atomic E-state index is 12.2. The molecule has 0 spiro atoms. The Hall–Kier alpha value is -0.763. The van der Waals surface area contributed by atoms with Crippen LogP contribution in [0.3, 0.4) is 0 Å². The molecule has 0 N–H and O–H groups in total. The number of likely N-dealkylation sites (tertiary alicyclic amines) is 1. The molecule has 0 aromatic heterocycles. The second kappa shape index (κ2) is 7.30. The van der Waals surface area contributed by atoms with E-state index in [2.05, 4.69) is 0 Å². The van der Waals surface area contributed by atoms with Crippen LogP contribution in [0.15, 0.2) is 0 Å². The first-order chi connectivity index (χ1) is 9.42. The fraction of sp³-hybridized carbons (Fsp3) is 0.846. The van der Waals surface area contributed by atoms with E-state index >= 15 is 0 Å². The molecule has 1 aliphatic rings. The Balaban J connectivity index is 2.93. The lowest BCUT2D eigenvalue weighted by Gasteiger charge is -2.31. The summed E-state index contributed by atoms with van der Waals surface area (Å²) in [7, 11) is -3.02. The van der Waals surface area contributed by atoms with E-state index in [-0.39, 0.29) is 29.8 Å². The third kappa shape index (κ3) is 3.46. The number of carbonyl (C=O) groups excluding carboxylic acids is 2. The molecular weight excluding hydrogens is 278 g/mol. The Morgan fingerprint density at radius 1 is 0.900 bits per heavy atom. The highest BCUT2D eigenvalue weighted by Gasteiger charge is 2.50. The molecule has 1 rings (SSSR count).